The van der Waals surface area contributed by atoms with Gasteiger partial charge in [-0.1, -0.05) is 24.8 Å². The van der Waals surface area contributed by atoms with Gasteiger partial charge in [-0.2, -0.15) is 0 Å². The number of hydrogen-bond acceptors (Lipinski definition) is 2. The molecule has 50 valence electrons. The molecule has 0 atom stereocenters. The van der Waals surface area contributed by atoms with Gasteiger partial charge in [-0.15, -0.1) is 0 Å². The van der Waals surface area contributed by atoms with Gasteiger partial charge >= 0.3 is 0 Å². The molecule has 0 heterocycles. The summed E-state index contributed by atoms with van der Waals surface area (Å²) in [4.78, 5) is 1.05. The van der Waals surface area contributed by atoms with Crippen molar-refractivity contribution in [3.63, 3.8) is 0 Å². The van der Waals surface area contributed by atoms with Gasteiger partial charge in [-0.3, -0.25) is 5.14 Å². The van der Waals surface area contributed by atoms with E-state index in [4.69, 9.17) is 5.14 Å². The maximum absolute atomic E-state index is 5.29. The first-order chi connectivity index (χ1) is 4.35. The molecule has 2 heteroatoms. The summed E-state index contributed by atoms with van der Waals surface area (Å²) in [5, 5.41) is 5.29. The normalized spacial score (nSPS) is 12.4. The van der Waals surface area contributed by atoms with E-state index in [1.807, 2.05) is 25.2 Å². The van der Waals surface area contributed by atoms with Crippen molar-refractivity contribution >= 4 is 11.9 Å². The quantitative estimate of drug-likeness (QED) is 0.482. The van der Waals surface area contributed by atoms with E-state index in [0.29, 0.717) is 0 Å². The van der Waals surface area contributed by atoms with E-state index in [-0.39, 0.29) is 0 Å². The van der Waals surface area contributed by atoms with Crippen LogP contribution in [-0.2, 0) is 0 Å². The predicted molar refractivity (Wildman–Crippen MR) is 44.9 cm³/mol. The van der Waals surface area contributed by atoms with Gasteiger partial charge in [0, 0.05) is 4.91 Å². The average Bonchev–Trinajstić information content (AvgIpc) is 1.91. The molecule has 1 nitrogen and oxygen atoms in total. The monoisotopic (exact) mass is 141 g/mol. The Kier molecular flexibility index (Phi) is 5.37. The Balaban J connectivity index is 3.84. The predicted octanol–water partition coefficient (Wildman–Crippen LogP) is 2.24. The Morgan fingerprint density at radius 2 is 2.33 bits per heavy atom. The second-order valence-electron chi connectivity index (χ2n) is 1.40. The molecule has 9 heavy (non-hydrogen) atoms. The third kappa shape index (κ3) is 4.06. The lowest BCUT2D eigenvalue weighted by Crippen LogP contribution is -1.77. The highest BCUT2D eigenvalue weighted by Crippen LogP contribution is 2.08. The van der Waals surface area contributed by atoms with Gasteiger partial charge < -0.3 is 0 Å². The molecular weight excluding hydrogens is 130 g/mol. The number of nitrogens with two attached hydrogens (primary N) is 1. The highest BCUT2D eigenvalue weighted by Gasteiger charge is 1.81. The van der Waals surface area contributed by atoms with Crippen LogP contribution in [0.1, 0.15) is 6.92 Å². The summed E-state index contributed by atoms with van der Waals surface area (Å²) in [5.41, 5.74) is 0. The smallest absolute Gasteiger partial charge is 0.0183 e. The Hall–Kier alpha value is -0.470. The first-order valence-corrected chi connectivity index (χ1v) is 3.55. The van der Waals surface area contributed by atoms with Crippen LogP contribution >= 0.6 is 11.9 Å². The molecule has 0 aliphatic carbocycles. The third-order valence-electron chi connectivity index (χ3n) is 0.817. The molecule has 0 aromatic heterocycles. The second-order valence-corrected chi connectivity index (χ2v) is 2.11. The van der Waals surface area contributed by atoms with Gasteiger partial charge in [0.2, 0.25) is 0 Å². The SMILES string of the molecule is C=C/C=C\C(=C/C)SN. The maximum Gasteiger partial charge on any atom is 0.0183 e. The van der Waals surface area contributed by atoms with Crippen molar-refractivity contribution in [2.24, 2.45) is 5.14 Å². The zero-order valence-corrected chi connectivity index (χ0v) is 6.32. The largest absolute Gasteiger partial charge is 0.274 e. The van der Waals surface area contributed by atoms with Gasteiger partial charge in [0.1, 0.15) is 0 Å². The molecule has 0 unspecified atom stereocenters. The third-order valence-corrected chi connectivity index (χ3v) is 1.46. The number of allylic oxidation sites excluding steroid dienone is 4. The molecule has 0 saturated carbocycles. The minimum Gasteiger partial charge on any atom is -0.274 e. The lowest BCUT2D eigenvalue weighted by molar-refractivity contribution is 1.69. The van der Waals surface area contributed by atoms with E-state index >= 15 is 0 Å². The molecule has 0 bridgehead atoms. The Morgan fingerprint density at radius 1 is 1.67 bits per heavy atom. The van der Waals surface area contributed by atoms with Crippen LogP contribution in [0.5, 0.6) is 0 Å². The molecule has 0 aromatic carbocycles. The molecule has 2 N–H and O–H groups in total. The van der Waals surface area contributed by atoms with Crippen LogP contribution in [0.25, 0.3) is 0 Å². The summed E-state index contributed by atoms with van der Waals surface area (Å²) in [5.74, 6) is 0. The van der Waals surface area contributed by atoms with E-state index in [0.717, 1.165) is 4.91 Å². The summed E-state index contributed by atoms with van der Waals surface area (Å²) in [7, 11) is 0. The molecule has 0 radical (unpaired) electrons. The van der Waals surface area contributed by atoms with Crippen molar-refractivity contribution in [1.29, 1.82) is 0 Å². The zero-order chi connectivity index (χ0) is 7.11. The fourth-order valence-electron chi connectivity index (χ4n) is 0.366. The molecule has 0 aliphatic rings. The summed E-state index contributed by atoms with van der Waals surface area (Å²) in [6.45, 7) is 5.48. The van der Waals surface area contributed by atoms with Crippen molar-refractivity contribution in [1.82, 2.24) is 0 Å². The van der Waals surface area contributed by atoms with Crippen LogP contribution in [0.2, 0.25) is 0 Å². The average molecular weight is 141 g/mol. The fourth-order valence-corrected chi connectivity index (χ4v) is 0.660. The van der Waals surface area contributed by atoms with Gasteiger partial charge in [0.15, 0.2) is 0 Å². The summed E-state index contributed by atoms with van der Waals surface area (Å²) in [6.07, 6.45) is 7.44. The van der Waals surface area contributed by atoms with Crippen LogP contribution in [-0.4, -0.2) is 0 Å². The topological polar surface area (TPSA) is 26.0 Å². The van der Waals surface area contributed by atoms with Gasteiger partial charge in [-0.05, 0) is 24.9 Å². The minimum absolute atomic E-state index is 1.05. The molecule has 0 spiro atoms. The van der Waals surface area contributed by atoms with Crippen LogP contribution in [0.15, 0.2) is 35.8 Å². The van der Waals surface area contributed by atoms with E-state index in [1.54, 1.807) is 6.08 Å². The molecule has 0 aromatic rings. The van der Waals surface area contributed by atoms with Crippen molar-refractivity contribution in [2.45, 2.75) is 6.92 Å². The lowest BCUT2D eigenvalue weighted by Gasteiger charge is -1.89. The Bertz CT molecular complexity index is 136. The van der Waals surface area contributed by atoms with Gasteiger partial charge in [0.25, 0.3) is 0 Å². The zero-order valence-electron chi connectivity index (χ0n) is 5.50. The van der Waals surface area contributed by atoms with Crippen molar-refractivity contribution in [3.8, 4) is 0 Å². The second kappa shape index (κ2) is 5.66. The molecule has 0 aliphatic heterocycles. The van der Waals surface area contributed by atoms with Gasteiger partial charge in [0.05, 0.1) is 0 Å². The summed E-state index contributed by atoms with van der Waals surface area (Å²) >= 11 is 1.24. The van der Waals surface area contributed by atoms with Crippen LogP contribution in [0, 0.1) is 0 Å². The van der Waals surface area contributed by atoms with Crippen LogP contribution in [0.3, 0.4) is 0 Å². The van der Waals surface area contributed by atoms with Crippen LogP contribution in [0.4, 0.5) is 0 Å². The lowest BCUT2D eigenvalue weighted by atomic mass is 10.4. The highest BCUT2D eigenvalue weighted by atomic mass is 32.2. The molecule has 0 amide bonds. The maximum atomic E-state index is 5.29. The molecule has 0 fully saturated rings. The van der Waals surface area contributed by atoms with E-state index in [2.05, 4.69) is 6.58 Å². The molecular formula is C7H11NS. The molecule has 0 rings (SSSR count). The Labute approximate surface area is 60.5 Å². The van der Waals surface area contributed by atoms with Crippen molar-refractivity contribution < 1.29 is 0 Å². The standard InChI is InChI=1S/C7H11NS/c1-3-5-6-7(4-2)9-8/h3-6H,1,8H2,2H3/b6-5-,7-4+. The summed E-state index contributed by atoms with van der Waals surface area (Å²) in [6, 6.07) is 0. The van der Waals surface area contributed by atoms with E-state index < -0.39 is 0 Å². The summed E-state index contributed by atoms with van der Waals surface area (Å²) < 4.78 is 0. The van der Waals surface area contributed by atoms with E-state index in [9.17, 15) is 0 Å². The number of hydrogen-bond donors (Lipinski definition) is 1. The van der Waals surface area contributed by atoms with Crippen LogP contribution < -0.4 is 5.14 Å². The van der Waals surface area contributed by atoms with Crippen molar-refractivity contribution in [2.75, 3.05) is 0 Å². The number of rotatable bonds is 3. The van der Waals surface area contributed by atoms with Gasteiger partial charge in [-0.25, -0.2) is 0 Å². The fraction of sp³-hybridized carbons (Fsp3) is 0.143. The highest BCUT2D eigenvalue weighted by molar-refractivity contribution is 8.01. The minimum atomic E-state index is 1.05. The molecule has 0 saturated heterocycles. The Morgan fingerprint density at radius 3 is 2.67 bits per heavy atom. The van der Waals surface area contributed by atoms with Crippen molar-refractivity contribution in [3.05, 3.63) is 35.8 Å². The first kappa shape index (κ1) is 8.53. The van der Waals surface area contributed by atoms with E-state index in [1.165, 1.54) is 11.9 Å². The first-order valence-electron chi connectivity index (χ1n) is 2.67.